The van der Waals surface area contributed by atoms with Crippen molar-refractivity contribution in [3.8, 4) is 0 Å². The highest BCUT2D eigenvalue weighted by molar-refractivity contribution is 5.81. The van der Waals surface area contributed by atoms with E-state index in [1.165, 1.54) is 0 Å². The van der Waals surface area contributed by atoms with Gasteiger partial charge in [0.15, 0.2) is 25.0 Å². The summed E-state index contributed by atoms with van der Waals surface area (Å²) in [5.74, 6) is -1.09. The van der Waals surface area contributed by atoms with E-state index in [0.29, 0.717) is 0 Å². The first-order chi connectivity index (χ1) is 25.6. The summed E-state index contributed by atoms with van der Waals surface area (Å²) in [6, 6.07) is -4.60. The van der Waals surface area contributed by atoms with Crippen LogP contribution in [0.1, 0.15) is 12.8 Å². The maximum absolute atomic E-state index is 12.8. The number of aliphatic hydroxyl groups is 10. The topological polar surface area (TPSA) is 429 Å². The number of aliphatic hydroxyl groups excluding tert-OH is 10. The van der Waals surface area contributed by atoms with Gasteiger partial charge in [-0.1, -0.05) is 0 Å². The summed E-state index contributed by atoms with van der Waals surface area (Å²) in [6.45, 7) is -1.91. The fourth-order valence-electron chi connectivity index (χ4n) is 6.83. The number of carbonyl (C=O) groups excluding carboxylic acids is 1. The Labute approximate surface area is 310 Å². The normalized spacial score (nSPS) is 44.8. The maximum atomic E-state index is 12.8. The number of nitrogens with one attached hydrogen (secondary N) is 2. The van der Waals surface area contributed by atoms with Gasteiger partial charge < -0.3 is 119 Å². The van der Waals surface area contributed by atoms with Gasteiger partial charge in [-0.25, -0.2) is 0 Å². The van der Waals surface area contributed by atoms with Crippen LogP contribution in [0.15, 0.2) is 0 Å². The van der Waals surface area contributed by atoms with Gasteiger partial charge >= 0.3 is 0 Å². The average molecular weight is 790 g/mol. The van der Waals surface area contributed by atoms with Gasteiger partial charge in [-0.05, 0) is 12.8 Å². The van der Waals surface area contributed by atoms with Gasteiger partial charge in [0.1, 0.15) is 61.0 Å². The Balaban J connectivity index is 1.55. The van der Waals surface area contributed by atoms with Crippen molar-refractivity contribution in [2.75, 3.05) is 39.4 Å². The molecule has 1 amide bonds. The molecule has 4 aliphatic rings. The second kappa shape index (κ2) is 20.3. The second-order valence-corrected chi connectivity index (χ2v) is 14.1. The van der Waals surface area contributed by atoms with E-state index in [9.17, 15) is 50.8 Å². The van der Waals surface area contributed by atoms with Crippen molar-refractivity contribution in [3.05, 3.63) is 0 Å². The monoisotopic (exact) mass is 789 g/mol. The fourth-order valence-corrected chi connectivity index (χ4v) is 6.83. The Morgan fingerprint density at radius 2 is 1.37 bits per heavy atom. The first-order valence-electron chi connectivity index (χ1n) is 17.8. The van der Waals surface area contributed by atoms with Crippen molar-refractivity contribution >= 4 is 5.91 Å². The molecular weight excluding hydrogens is 730 g/mol. The van der Waals surface area contributed by atoms with Gasteiger partial charge in [0.2, 0.25) is 0 Å². The molecule has 2 unspecified atom stereocenters. The molecule has 1 aliphatic carbocycles. The van der Waals surface area contributed by atoms with Crippen molar-refractivity contribution < 1.29 is 84.3 Å². The van der Waals surface area contributed by atoms with Gasteiger partial charge in [-0.2, -0.15) is 0 Å². The van der Waals surface area contributed by atoms with Crippen LogP contribution in [0.5, 0.6) is 0 Å². The Kier molecular flexibility index (Phi) is 17.1. The Hall–Kier alpha value is -1.41. The van der Waals surface area contributed by atoms with E-state index in [1.54, 1.807) is 0 Å². The van der Waals surface area contributed by atoms with E-state index in [1.807, 2.05) is 0 Å². The SMILES string of the molecule is NC[C@@H](O)C(O)C(=O)N[C@@H]1C[C@H](N)[C@@H](O[C@H]2O[C@H](CNCC(O)CO)[C@@H](O)C[C@H]2N)[C@H](O[C@@H]2O[C@H](CO)[C@@H](O[C@H]3O[C@@H](CN)[C@@H](O)[C@H](O)[C@H]3N)[C@H]2O)[C@H]1O. The van der Waals surface area contributed by atoms with E-state index in [-0.39, 0.29) is 32.5 Å². The molecule has 4 rings (SSSR count). The Bertz CT molecular complexity index is 1160. The molecule has 24 heteroatoms. The minimum atomic E-state index is -1.97. The summed E-state index contributed by atoms with van der Waals surface area (Å²) in [7, 11) is 0. The lowest BCUT2D eigenvalue weighted by atomic mass is 9.83. The minimum absolute atomic E-state index is 0.0115. The molecule has 4 fully saturated rings. The van der Waals surface area contributed by atoms with Crippen LogP contribution in [-0.2, 0) is 33.2 Å². The van der Waals surface area contributed by atoms with E-state index in [2.05, 4.69) is 10.6 Å². The number of rotatable bonds is 17. The molecule has 316 valence electrons. The predicted octanol–water partition coefficient (Wildman–Crippen LogP) is -11.0. The highest BCUT2D eigenvalue weighted by Crippen LogP contribution is 2.34. The van der Waals surface area contributed by atoms with E-state index >= 15 is 0 Å². The van der Waals surface area contributed by atoms with Crippen molar-refractivity contribution in [2.45, 2.75) is 141 Å². The van der Waals surface area contributed by atoms with E-state index in [4.69, 9.17) is 62.2 Å². The molecule has 0 aromatic heterocycles. The van der Waals surface area contributed by atoms with Crippen LogP contribution < -0.4 is 39.3 Å². The molecule has 0 radical (unpaired) electrons. The molecule has 24 nitrogen and oxygen atoms in total. The Morgan fingerprint density at radius 1 is 0.741 bits per heavy atom. The number of nitrogens with two attached hydrogens (primary N) is 5. The highest BCUT2D eigenvalue weighted by Gasteiger charge is 2.54. The van der Waals surface area contributed by atoms with Crippen LogP contribution in [0.25, 0.3) is 0 Å². The zero-order chi connectivity index (χ0) is 40.0. The predicted molar refractivity (Wildman–Crippen MR) is 179 cm³/mol. The Morgan fingerprint density at radius 3 is 2.00 bits per heavy atom. The van der Waals surface area contributed by atoms with Gasteiger partial charge in [0, 0.05) is 32.2 Å². The third kappa shape index (κ3) is 10.6. The van der Waals surface area contributed by atoms with E-state index in [0.717, 1.165) is 0 Å². The van der Waals surface area contributed by atoms with Gasteiger partial charge in [0.05, 0.1) is 49.7 Å². The summed E-state index contributed by atoms with van der Waals surface area (Å²) < 4.78 is 35.5. The van der Waals surface area contributed by atoms with Crippen molar-refractivity contribution in [2.24, 2.45) is 28.7 Å². The van der Waals surface area contributed by atoms with Gasteiger partial charge in [0.25, 0.3) is 5.91 Å². The number of hydrogen-bond acceptors (Lipinski definition) is 23. The number of carbonyl (C=O) groups is 1. The lowest BCUT2D eigenvalue weighted by Crippen LogP contribution is -2.67. The standard InChI is InChI=1S/C30H59N7O17/c31-3-14(42)20(44)27(48)37-12-1-10(33)24(52-28-11(34)2-13(41)16(50-28)6-36-5-9(40)7-38)26(19(12)43)54-30-23(47)25(17(8-39)51-30)53-29-18(35)22(46)21(45)15(4-32)49-29/h9-26,28-30,36,38-47H,1-8,31-35H2,(H,37,48)/t9?,10-,11+,12+,13-,14+,15-,16+,17+,18+,19-,20?,21+,22+,23+,24+,25+,26+,28+,29+,30-/m0/s1. The number of amides is 1. The van der Waals surface area contributed by atoms with Crippen LogP contribution in [-0.4, -0.2) is 225 Å². The quantitative estimate of drug-likeness (QED) is 0.0650. The number of ether oxygens (including phenoxy) is 6. The van der Waals surface area contributed by atoms with E-state index < -0.39 is 154 Å². The summed E-state index contributed by atoms with van der Waals surface area (Å²) in [5, 5.41) is 109. The molecule has 3 saturated heterocycles. The third-order valence-electron chi connectivity index (χ3n) is 10.1. The molecule has 3 heterocycles. The maximum Gasteiger partial charge on any atom is 0.251 e. The molecular formula is C30H59N7O17. The smallest absolute Gasteiger partial charge is 0.251 e. The molecule has 3 aliphatic heterocycles. The number of hydrogen-bond donors (Lipinski definition) is 17. The van der Waals surface area contributed by atoms with Crippen LogP contribution in [0, 0.1) is 0 Å². The summed E-state index contributed by atoms with van der Waals surface area (Å²) in [6.07, 6.45) is -24.4. The molecule has 1 saturated carbocycles. The average Bonchev–Trinajstić information content (AvgIpc) is 3.45. The molecule has 0 bridgehead atoms. The second-order valence-electron chi connectivity index (χ2n) is 14.1. The van der Waals surface area contributed by atoms with Gasteiger partial charge in [-0.15, -0.1) is 0 Å². The van der Waals surface area contributed by atoms with Crippen molar-refractivity contribution in [1.82, 2.24) is 10.6 Å². The molecule has 0 aromatic rings. The zero-order valence-electron chi connectivity index (χ0n) is 29.5. The first kappa shape index (κ1) is 45.3. The largest absolute Gasteiger partial charge is 0.394 e. The highest BCUT2D eigenvalue weighted by atomic mass is 16.8. The molecule has 22 N–H and O–H groups in total. The van der Waals surface area contributed by atoms with Gasteiger partial charge in [-0.3, -0.25) is 4.79 Å². The zero-order valence-corrected chi connectivity index (χ0v) is 29.5. The lowest BCUT2D eigenvalue weighted by molar-refractivity contribution is -0.296. The fraction of sp³-hybridized carbons (Fsp3) is 0.967. The summed E-state index contributed by atoms with van der Waals surface area (Å²) in [5.41, 5.74) is 29.8. The first-order valence-corrected chi connectivity index (χ1v) is 17.8. The summed E-state index contributed by atoms with van der Waals surface area (Å²) in [4.78, 5) is 12.8. The molecule has 54 heavy (non-hydrogen) atoms. The van der Waals surface area contributed by atoms with Crippen LogP contribution in [0.2, 0.25) is 0 Å². The third-order valence-corrected chi connectivity index (χ3v) is 10.1. The van der Waals surface area contributed by atoms with Crippen molar-refractivity contribution in [3.63, 3.8) is 0 Å². The van der Waals surface area contributed by atoms with Crippen LogP contribution in [0.3, 0.4) is 0 Å². The lowest BCUT2D eigenvalue weighted by Gasteiger charge is -2.47. The molecule has 0 spiro atoms. The molecule has 0 aromatic carbocycles. The minimum Gasteiger partial charge on any atom is -0.394 e. The van der Waals surface area contributed by atoms with Crippen LogP contribution >= 0.6 is 0 Å². The molecule has 21 atom stereocenters. The van der Waals surface area contributed by atoms with Crippen LogP contribution in [0.4, 0.5) is 0 Å². The summed E-state index contributed by atoms with van der Waals surface area (Å²) >= 11 is 0. The van der Waals surface area contributed by atoms with Crippen molar-refractivity contribution in [1.29, 1.82) is 0 Å².